The van der Waals surface area contributed by atoms with Crippen molar-refractivity contribution in [2.75, 3.05) is 26.2 Å². The fourth-order valence-electron chi connectivity index (χ4n) is 5.87. The molecule has 17 heteroatoms. The van der Waals surface area contributed by atoms with Gasteiger partial charge in [-0.15, -0.1) is 0 Å². The van der Waals surface area contributed by atoms with E-state index in [0.29, 0.717) is 11.1 Å². The van der Waals surface area contributed by atoms with Gasteiger partial charge >= 0.3 is 17.1 Å². The third-order valence-electron chi connectivity index (χ3n) is 8.52. The summed E-state index contributed by atoms with van der Waals surface area (Å²) in [6, 6.07) is 7.77. The van der Waals surface area contributed by atoms with Crippen LogP contribution in [0.5, 0.6) is 11.5 Å². The number of likely N-dealkylation sites (tertiary alicyclic amines) is 2. The van der Waals surface area contributed by atoms with Crippen LogP contribution in [-0.4, -0.2) is 59.2 Å². The molecule has 2 fully saturated rings. The first-order valence-corrected chi connectivity index (χ1v) is 16.6. The molecule has 0 amide bonds. The van der Waals surface area contributed by atoms with E-state index in [1.54, 1.807) is 0 Å². The summed E-state index contributed by atoms with van der Waals surface area (Å²) in [6.07, 6.45) is 10.1. The molecule has 2 saturated heterocycles. The molecule has 2 aromatic carbocycles. The molecule has 2 aromatic rings. The Labute approximate surface area is 309 Å². The van der Waals surface area contributed by atoms with E-state index in [0.717, 1.165) is 61.5 Å². The molecule has 0 bridgehead atoms. The molecule has 0 aromatic heterocycles. The van der Waals surface area contributed by atoms with E-state index in [1.165, 1.54) is 60.8 Å². The number of hydrogen-bond donors (Lipinski definition) is 4. The van der Waals surface area contributed by atoms with Crippen molar-refractivity contribution in [1.29, 1.82) is 0 Å². The maximum absolute atomic E-state index is 12.5. The molecule has 1 radical (unpaired) electrons. The topological polar surface area (TPSA) is 253 Å². The molecule has 4 rings (SSSR count). The summed E-state index contributed by atoms with van der Waals surface area (Å²) in [4.78, 5) is 19.5. The monoisotopic (exact) mass is 767 g/mol. The number of quaternary nitrogens is 2. The van der Waals surface area contributed by atoms with E-state index in [4.69, 9.17) is 41.1 Å². The second kappa shape index (κ2) is 22.6. The largest absolute Gasteiger partial charge is 2.00 e. The van der Waals surface area contributed by atoms with Gasteiger partial charge in [0.05, 0.1) is 48.8 Å². The van der Waals surface area contributed by atoms with Crippen molar-refractivity contribution >= 4 is 12.4 Å². The number of benzene rings is 2. The van der Waals surface area contributed by atoms with Gasteiger partial charge in [-0.2, -0.15) is 0 Å². The predicted molar refractivity (Wildman–Crippen MR) is 185 cm³/mol. The van der Waals surface area contributed by atoms with Gasteiger partial charge in [-0.1, -0.05) is 87.6 Å². The summed E-state index contributed by atoms with van der Waals surface area (Å²) in [7, 11) is 0. The Bertz CT molecular complexity index is 1320. The summed E-state index contributed by atoms with van der Waals surface area (Å²) < 4.78 is 0. The molecule has 4 N–H and O–H groups in total. The van der Waals surface area contributed by atoms with Crippen molar-refractivity contribution in [3.05, 3.63) is 88.3 Å². The fourth-order valence-corrected chi connectivity index (χ4v) is 5.87. The summed E-state index contributed by atoms with van der Waals surface area (Å²) >= 11 is 0. The van der Waals surface area contributed by atoms with Crippen molar-refractivity contribution in [3.8, 4) is 11.5 Å². The minimum atomic E-state index is -1.75. The van der Waals surface area contributed by atoms with E-state index in [-0.39, 0.29) is 39.4 Å². The molecule has 0 spiro atoms. The van der Waals surface area contributed by atoms with Gasteiger partial charge < -0.3 is 61.1 Å². The van der Waals surface area contributed by atoms with Crippen LogP contribution < -0.4 is 20.0 Å². The second-order valence-corrected chi connectivity index (χ2v) is 14.5. The van der Waals surface area contributed by atoms with Crippen molar-refractivity contribution in [1.82, 2.24) is 0 Å². The molecule has 0 atom stereocenters. The SMILES string of the molecule is CC(C)(C)c1cc(/C=N/O)c([O-])c(C[NH+]2CCCCC2)c1.CC(C)(C)c1cc(/C=N/O)c([O-])c(C[NH+]2CCCCC2)c1.O=[N+]([O-])[O-].O=[N+]([O-])[O-].[Cu+2]. The van der Waals surface area contributed by atoms with Crippen LogP contribution in [0.1, 0.15) is 113 Å². The molecule has 0 unspecified atom stereocenters. The predicted octanol–water partition coefficient (Wildman–Crippen LogP) is 2.39. The number of hydrogen-bond acceptors (Lipinski definition) is 12. The molecule has 2 heterocycles. The van der Waals surface area contributed by atoms with Crippen LogP contribution >= 0.6 is 0 Å². The molecular formula is C34H52CuN6O10. The van der Waals surface area contributed by atoms with E-state index >= 15 is 0 Å². The first kappa shape index (κ1) is 46.8. The van der Waals surface area contributed by atoms with Gasteiger partial charge in [-0.3, -0.25) is 0 Å². The number of nitrogens with one attached hydrogen (secondary N) is 2. The van der Waals surface area contributed by atoms with Gasteiger partial charge in [-0.25, -0.2) is 0 Å². The van der Waals surface area contributed by atoms with Gasteiger partial charge in [-0.05, 0) is 82.7 Å². The third-order valence-corrected chi connectivity index (χ3v) is 8.52. The quantitative estimate of drug-likeness (QED) is 0.110. The Kier molecular flexibility index (Phi) is 20.7. The van der Waals surface area contributed by atoms with Crippen molar-refractivity contribution in [2.45, 2.75) is 104 Å². The Balaban J connectivity index is 0.000000797. The van der Waals surface area contributed by atoms with Crippen LogP contribution in [0.15, 0.2) is 34.6 Å². The molecule has 2 aliphatic heterocycles. The summed E-state index contributed by atoms with van der Waals surface area (Å²) in [5, 5.41) is 78.1. The van der Waals surface area contributed by atoms with Crippen molar-refractivity contribution < 1.29 is 57.7 Å². The maximum Gasteiger partial charge on any atom is 2.00 e. The fraction of sp³-hybridized carbons (Fsp3) is 0.588. The zero-order chi connectivity index (χ0) is 38.1. The van der Waals surface area contributed by atoms with Gasteiger partial charge in [0.2, 0.25) is 0 Å². The Morgan fingerprint density at radius 1 is 0.627 bits per heavy atom. The summed E-state index contributed by atoms with van der Waals surface area (Å²) in [6.45, 7) is 18.9. The molecule has 0 aliphatic carbocycles. The first-order chi connectivity index (χ1) is 23.3. The van der Waals surface area contributed by atoms with E-state index < -0.39 is 10.2 Å². The zero-order valence-electron chi connectivity index (χ0n) is 30.2. The average molecular weight is 768 g/mol. The summed E-state index contributed by atoms with van der Waals surface area (Å²) in [5.41, 5.74) is 4.82. The van der Waals surface area contributed by atoms with Crippen molar-refractivity contribution in [2.24, 2.45) is 10.3 Å². The first-order valence-electron chi connectivity index (χ1n) is 16.6. The zero-order valence-corrected chi connectivity index (χ0v) is 31.1. The molecule has 0 saturated carbocycles. The molecule has 289 valence electrons. The Morgan fingerprint density at radius 2 is 0.902 bits per heavy atom. The van der Waals surface area contributed by atoms with E-state index in [9.17, 15) is 10.2 Å². The maximum atomic E-state index is 12.5. The van der Waals surface area contributed by atoms with Crippen LogP contribution in [0.25, 0.3) is 0 Å². The van der Waals surface area contributed by atoms with Crippen LogP contribution in [0.3, 0.4) is 0 Å². The normalized spacial score (nSPS) is 15.3. The van der Waals surface area contributed by atoms with Gasteiger partial charge in [0.25, 0.3) is 0 Å². The number of nitrogens with zero attached hydrogens (tertiary/aromatic N) is 4. The average Bonchev–Trinajstić information content (AvgIpc) is 3.01. The van der Waals surface area contributed by atoms with E-state index in [1.807, 2.05) is 24.3 Å². The molecule has 2 aliphatic rings. The van der Waals surface area contributed by atoms with Crippen LogP contribution in [0.2, 0.25) is 0 Å². The standard InChI is InChI=1S/2C17H26N2O2.Cu.2NO3/c2*1-17(2,3)15-9-13(11-18-21)16(20)14(10-15)12-19-7-5-4-6-8-19;;2*2-1(3)4/h2*9-11,20-21H,4-8,12H2,1-3H3;;;/q;;+2;2*-1/b2*18-11+;;;. The molecule has 16 nitrogen and oxygen atoms in total. The number of piperidine rings is 2. The Hall–Kier alpha value is -4.18. The van der Waals surface area contributed by atoms with E-state index in [2.05, 4.69) is 51.9 Å². The smallest absolute Gasteiger partial charge is 0.872 e. The molecular weight excluding hydrogens is 716 g/mol. The minimum Gasteiger partial charge on any atom is -0.872 e. The van der Waals surface area contributed by atoms with Crippen LogP contribution in [0.4, 0.5) is 0 Å². The third kappa shape index (κ3) is 18.0. The number of rotatable bonds is 6. The van der Waals surface area contributed by atoms with Gasteiger partial charge in [0, 0.05) is 0 Å². The van der Waals surface area contributed by atoms with Gasteiger partial charge in [0.1, 0.15) is 13.1 Å². The van der Waals surface area contributed by atoms with Crippen molar-refractivity contribution in [3.63, 3.8) is 0 Å². The number of oxime groups is 2. The van der Waals surface area contributed by atoms with Gasteiger partial charge in [0.15, 0.2) is 0 Å². The summed E-state index contributed by atoms with van der Waals surface area (Å²) in [5.74, 6) is -0.00209. The van der Waals surface area contributed by atoms with Crippen LogP contribution in [-0.2, 0) is 41.0 Å². The Morgan fingerprint density at radius 3 is 1.14 bits per heavy atom. The molecule has 51 heavy (non-hydrogen) atoms. The van der Waals surface area contributed by atoms with Crippen LogP contribution in [0, 0.1) is 30.6 Å². The minimum absolute atomic E-state index is 0. The second-order valence-electron chi connectivity index (χ2n) is 14.5.